The van der Waals surface area contributed by atoms with Crippen molar-refractivity contribution in [2.24, 2.45) is 0 Å². The summed E-state index contributed by atoms with van der Waals surface area (Å²) in [5, 5.41) is 1.26. The summed E-state index contributed by atoms with van der Waals surface area (Å²) in [5.41, 5.74) is 0.951. The van der Waals surface area contributed by atoms with E-state index in [2.05, 4.69) is 39.0 Å². The second-order valence-corrected chi connectivity index (χ2v) is 10.6. The highest BCUT2D eigenvalue weighted by Gasteiger charge is 2.27. The Morgan fingerprint density at radius 3 is 2.81 bits per heavy atom. The molecule has 3 aliphatic heterocycles. The fourth-order valence-electron chi connectivity index (χ4n) is 5.49. The summed E-state index contributed by atoms with van der Waals surface area (Å²) in [4.78, 5) is 20.2. The molecule has 4 heterocycles. The molecular formula is C28H32N4O3S. The van der Waals surface area contributed by atoms with Gasteiger partial charge in [0, 0.05) is 56.8 Å². The van der Waals surface area contributed by atoms with E-state index in [0.29, 0.717) is 6.04 Å². The van der Waals surface area contributed by atoms with Gasteiger partial charge >= 0.3 is 0 Å². The quantitative estimate of drug-likeness (QED) is 0.456. The Morgan fingerprint density at radius 2 is 1.89 bits per heavy atom. The predicted molar refractivity (Wildman–Crippen MR) is 144 cm³/mol. The van der Waals surface area contributed by atoms with Crippen molar-refractivity contribution < 1.29 is 14.3 Å². The van der Waals surface area contributed by atoms with Gasteiger partial charge in [0.05, 0.1) is 4.70 Å². The lowest BCUT2D eigenvalue weighted by Crippen LogP contribution is -2.49. The first-order chi connectivity index (χ1) is 17.7. The van der Waals surface area contributed by atoms with Gasteiger partial charge in [0.2, 0.25) is 12.7 Å². The predicted octanol–water partition coefficient (Wildman–Crippen LogP) is 4.63. The van der Waals surface area contributed by atoms with Gasteiger partial charge in [-0.25, -0.2) is 0 Å². The molecule has 0 radical (unpaired) electrons. The third-order valence-electron chi connectivity index (χ3n) is 7.53. The van der Waals surface area contributed by atoms with Gasteiger partial charge in [0.1, 0.15) is 5.82 Å². The average molecular weight is 505 g/mol. The molecule has 2 fully saturated rings. The molecule has 1 amide bonds. The molecule has 1 unspecified atom stereocenters. The normalized spacial score (nSPS) is 20.5. The summed E-state index contributed by atoms with van der Waals surface area (Å²) in [6.45, 7) is 6.21. The van der Waals surface area contributed by atoms with Crippen LogP contribution in [-0.2, 0) is 4.79 Å². The minimum Gasteiger partial charge on any atom is -0.454 e. The lowest BCUT2D eigenvalue weighted by Gasteiger charge is -2.39. The molecule has 1 aromatic heterocycles. The van der Waals surface area contributed by atoms with Crippen LogP contribution in [0.2, 0.25) is 0 Å². The topological polar surface area (TPSA) is 58.1 Å². The minimum atomic E-state index is 0.109. The van der Waals surface area contributed by atoms with E-state index >= 15 is 0 Å². The highest BCUT2D eigenvalue weighted by atomic mass is 32.1. The van der Waals surface area contributed by atoms with Crippen molar-refractivity contribution in [3.8, 4) is 11.5 Å². The van der Waals surface area contributed by atoms with E-state index in [-0.39, 0.29) is 12.7 Å². The monoisotopic (exact) mass is 504 g/mol. The zero-order valence-electron chi connectivity index (χ0n) is 20.5. The Kier molecular flexibility index (Phi) is 6.79. The lowest BCUT2D eigenvalue weighted by atomic mass is 9.98. The van der Waals surface area contributed by atoms with Gasteiger partial charge in [-0.05, 0) is 73.1 Å². The number of carbonyl (C=O) groups excluding carboxylic acids is 1. The van der Waals surface area contributed by atoms with Crippen molar-refractivity contribution in [1.29, 1.82) is 0 Å². The molecule has 3 aliphatic rings. The first kappa shape index (κ1) is 23.3. The first-order valence-corrected chi connectivity index (χ1v) is 13.7. The highest BCUT2D eigenvalue weighted by molar-refractivity contribution is 7.13. The summed E-state index contributed by atoms with van der Waals surface area (Å²) >= 11 is 1.59. The Hall–Kier alpha value is -3.10. The molecule has 3 aromatic rings. The molecule has 8 heteroatoms. The number of piperazine rings is 1. The maximum atomic E-state index is 13.1. The van der Waals surface area contributed by atoms with E-state index in [4.69, 9.17) is 13.8 Å². The molecule has 2 saturated heterocycles. The van der Waals surface area contributed by atoms with Gasteiger partial charge < -0.3 is 19.3 Å². The SMILES string of the molecule is O=C(C=Cc1ccc2c(c1)OCO2)N1CCCCC1CCN1CCN(c2nsc3ccccc23)CC1. The van der Waals surface area contributed by atoms with Crippen molar-refractivity contribution in [2.45, 2.75) is 31.7 Å². The summed E-state index contributed by atoms with van der Waals surface area (Å²) in [6.07, 6.45) is 8.01. The molecule has 6 rings (SSSR count). The second-order valence-electron chi connectivity index (χ2n) is 9.75. The number of amides is 1. The summed E-state index contributed by atoms with van der Waals surface area (Å²) < 4.78 is 16.8. The van der Waals surface area contributed by atoms with Gasteiger partial charge in [0.15, 0.2) is 11.5 Å². The van der Waals surface area contributed by atoms with E-state index in [1.54, 1.807) is 17.6 Å². The number of likely N-dealkylation sites (tertiary alicyclic amines) is 1. The number of rotatable bonds is 6. The van der Waals surface area contributed by atoms with E-state index in [1.165, 1.54) is 16.5 Å². The van der Waals surface area contributed by atoms with Gasteiger partial charge in [0.25, 0.3) is 0 Å². The van der Waals surface area contributed by atoms with Gasteiger partial charge in [-0.15, -0.1) is 0 Å². The summed E-state index contributed by atoms with van der Waals surface area (Å²) in [6, 6.07) is 14.6. The van der Waals surface area contributed by atoms with Crippen LogP contribution >= 0.6 is 11.5 Å². The molecule has 1 atom stereocenters. The van der Waals surface area contributed by atoms with Crippen molar-refractivity contribution in [3.63, 3.8) is 0 Å². The zero-order chi connectivity index (χ0) is 24.3. The van der Waals surface area contributed by atoms with Crippen LogP contribution in [-0.4, -0.2) is 72.2 Å². The first-order valence-electron chi connectivity index (χ1n) is 12.9. The fraction of sp³-hybridized carbons (Fsp3) is 0.429. The Morgan fingerprint density at radius 1 is 1.03 bits per heavy atom. The van der Waals surface area contributed by atoms with E-state index in [0.717, 1.165) is 81.4 Å². The minimum absolute atomic E-state index is 0.109. The molecule has 188 valence electrons. The molecule has 0 aliphatic carbocycles. The van der Waals surface area contributed by atoms with Crippen LogP contribution in [0.4, 0.5) is 5.82 Å². The number of aromatic nitrogens is 1. The maximum Gasteiger partial charge on any atom is 0.246 e. The number of hydrogen-bond acceptors (Lipinski definition) is 7. The number of ether oxygens (including phenoxy) is 2. The van der Waals surface area contributed by atoms with E-state index in [1.807, 2.05) is 24.3 Å². The number of hydrogen-bond donors (Lipinski definition) is 0. The van der Waals surface area contributed by atoms with Crippen molar-refractivity contribution in [2.75, 3.05) is 51.0 Å². The number of carbonyl (C=O) groups is 1. The molecule has 0 bridgehead atoms. The van der Waals surface area contributed by atoms with Crippen LogP contribution in [0, 0.1) is 0 Å². The van der Waals surface area contributed by atoms with Crippen LogP contribution in [0.5, 0.6) is 11.5 Å². The number of piperidine rings is 1. The highest BCUT2D eigenvalue weighted by Crippen LogP contribution is 2.33. The number of benzene rings is 2. The van der Waals surface area contributed by atoms with Crippen LogP contribution in [0.25, 0.3) is 16.2 Å². The van der Waals surface area contributed by atoms with Gasteiger partial charge in [-0.1, -0.05) is 18.2 Å². The van der Waals surface area contributed by atoms with Gasteiger partial charge in [-0.2, -0.15) is 4.37 Å². The van der Waals surface area contributed by atoms with Crippen molar-refractivity contribution >= 4 is 39.4 Å². The number of nitrogens with zero attached hydrogens (tertiary/aromatic N) is 4. The molecular weight excluding hydrogens is 472 g/mol. The van der Waals surface area contributed by atoms with Crippen LogP contribution in [0.1, 0.15) is 31.2 Å². The third kappa shape index (κ3) is 4.92. The largest absolute Gasteiger partial charge is 0.454 e. The van der Waals surface area contributed by atoms with Crippen molar-refractivity contribution in [3.05, 3.63) is 54.1 Å². The fourth-order valence-corrected chi connectivity index (χ4v) is 6.28. The summed E-state index contributed by atoms with van der Waals surface area (Å²) in [7, 11) is 0. The molecule has 0 spiro atoms. The Bertz CT molecular complexity index is 1250. The second kappa shape index (κ2) is 10.5. The average Bonchev–Trinajstić information content (AvgIpc) is 3.58. The molecule has 36 heavy (non-hydrogen) atoms. The van der Waals surface area contributed by atoms with Gasteiger partial charge in [-0.3, -0.25) is 9.69 Å². The smallest absolute Gasteiger partial charge is 0.246 e. The van der Waals surface area contributed by atoms with Crippen LogP contribution in [0.3, 0.4) is 0 Å². The van der Waals surface area contributed by atoms with E-state index in [9.17, 15) is 4.79 Å². The molecule has 0 N–H and O–H groups in total. The lowest BCUT2D eigenvalue weighted by molar-refractivity contribution is -0.129. The zero-order valence-corrected chi connectivity index (χ0v) is 21.3. The summed E-state index contributed by atoms with van der Waals surface area (Å²) in [5.74, 6) is 2.74. The number of fused-ring (bicyclic) bond motifs is 2. The van der Waals surface area contributed by atoms with E-state index < -0.39 is 0 Å². The maximum absolute atomic E-state index is 13.1. The Labute approximate surface area is 216 Å². The molecule has 0 saturated carbocycles. The number of anilines is 1. The molecule has 2 aromatic carbocycles. The van der Waals surface area contributed by atoms with Crippen molar-refractivity contribution in [1.82, 2.24) is 14.2 Å². The Balaban J connectivity index is 1.02. The third-order valence-corrected chi connectivity index (χ3v) is 8.35. The molecule has 7 nitrogen and oxygen atoms in total. The standard InChI is InChI=1S/C28H32N4O3S/c33-27(11-9-21-8-10-24-25(19-21)35-20-34-24)32-13-4-3-5-22(32)12-14-30-15-17-31(18-16-30)28-23-6-1-2-7-26(23)36-29-28/h1-2,6-11,19,22H,3-5,12-18,20H2. The van der Waals surface area contributed by atoms with Crippen LogP contribution in [0.15, 0.2) is 48.5 Å². The van der Waals surface area contributed by atoms with Crippen LogP contribution < -0.4 is 14.4 Å².